The van der Waals surface area contributed by atoms with E-state index < -0.39 is 15.1 Å². The third-order valence-corrected chi connectivity index (χ3v) is 8.29. The molecule has 2 atom stereocenters. The normalized spacial score (nSPS) is 21.4. The number of amides is 1. The first kappa shape index (κ1) is 18.3. The molecule has 2 N–H and O–H groups in total. The van der Waals surface area contributed by atoms with Crippen molar-refractivity contribution < 1.29 is 9.00 Å². The molecule has 0 aliphatic carbocycles. The second-order valence-corrected chi connectivity index (χ2v) is 10.7. The fourth-order valence-corrected chi connectivity index (χ4v) is 6.40. The summed E-state index contributed by atoms with van der Waals surface area (Å²) >= 11 is 3.35. The summed E-state index contributed by atoms with van der Waals surface area (Å²) < 4.78 is 14.8. The van der Waals surface area contributed by atoms with Gasteiger partial charge in [-0.05, 0) is 27.2 Å². The predicted octanol–water partition coefficient (Wildman–Crippen LogP) is 2.13. The number of carbonyl (C=O) groups is 1. The van der Waals surface area contributed by atoms with Crippen LogP contribution in [-0.2, 0) is 15.8 Å². The predicted molar refractivity (Wildman–Crippen MR) is 91.4 cm³/mol. The SMILES string of the molecule is CCC[C@H](NS(=O)C(C)(C)C)C1(C(=O)NC)SCCS1. The fourth-order valence-electron chi connectivity index (χ4n) is 2.01. The zero-order valence-corrected chi connectivity index (χ0v) is 15.4. The van der Waals surface area contributed by atoms with Crippen molar-refractivity contribution in [3.8, 4) is 0 Å². The fraction of sp³-hybridized carbons (Fsp3) is 0.923. The van der Waals surface area contributed by atoms with Crippen LogP contribution in [0, 0.1) is 0 Å². The molecule has 0 radical (unpaired) electrons. The molecule has 1 fully saturated rings. The monoisotopic (exact) mass is 338 g/mol. The molecule has 4 nitrogen and oxygen atoms in total. The van der Waals surface area contributed by atoms with Crippen LogP contribution in [0.2, 0.25) is 0 Å². The molecular formula is C13H26N2O2S3. The van der Waals surface area contributed by atoms with Gasteiger partial charge in [-0.2, -0.15) is 0 Å². The van der Waals surface area contributed by atoms with E-state index in [-0.39, 0.29) is 16.7 Å². The summed E-state index contributed by atoms with van der Waals surface area (Å²) in [7, 11) is 0.508. The van der Waals surface area contributed by atoms with Crippen molar-refractivity contribution in [1.29, 1.82) is 0 Å². The van der Waals surface area contributed by atoms with E-state index in [1.807, 2.05) is 20.8 Å². The largest absolute Gasteiger partial charge is 0.357 e. The van der Waals surface area contributed by atoms with Crippen LogP contribution < -0.4 is 10.0 Å². The lowest BCUT2D eigenvalue weighted by atomic mass is 10.1. The van der Waals surface area contributed by atoms with Crippen LogP contribution in [0.5, 0.6) is 0 Å². The number of nitrogens with one attached hydrogen (secondary N) is 2. The molecule has 7 heteroatoms. The minimum Gasteiger partial charge on any atom is -0.357 e. The van der Waals surface area contributed by atoms with Gasteiger partial charge in [0, 0.05) is 18.6 Å². The van der Waals surface area contributed by atoms with Crippen LogP contribution in [0.1, 0.15) is 40.5 Å². The highest BCUT2D eigenvalue weighted by atomic mass is 32.2. The Kier molecular flexibility index (Phi) is 6.89. The molecule has 0 spiro atoms. The number of hydrogen-bond acceptors (Lipinski definition) is 4. The minimum atomic E-state index is -1.17. The van der Waals surface area contributed by atoms with Crippen LogP contribution in [0.4, 0.5) is 0 Å². The lowest BCUT2D eigenvalue weighted by molar-refractivity contribution is -0.121. The maximum absolute atomic E-state index is 12.4. The van der Waals surface area contributed by atoms with Crippen LogP contribution in [0.3, 0.4) is 0 Å². The molecular weight excluding hydrogens is 312 g/mol. The van der Waals surface area contributed by atoms with E-state index in [9.17, 15) is 9.00 Å². The van der Waals surface area contributed by atoms with Gasteiger partial charge in [-0.3, -0.25) is 4.79 Å². The highest BCUT2D eigenvalue weighted by Gasteiger charge is 2.49. The van der Waals surface area contributed by atoms with Gasteiger partial charge in [0.05, 0.1) is 21.8 Å². The van der Waals surface area contributed by atoms with E-state index in [1.54, 1.807) is 30.6 Å². The van der Waals surface area contributed by atoms with Crippen LogP contribution >= 0.6 is 23.5 Å². The molecule has 1 rings (SSSR count). The Balaban J connectivity index is 2.97. The Morgan fingerprint density at radius 1 is 1.35 bits per heavy atom. The quantitative estimate of drug-likeness (QED) is 0.779. The van der Waals surface area contributed by atoms with E-state index in [0.717, 1.165) is 24.3 Å². The molecule has 20 heavy (non-hydrogen) atoms. The highest BCUT2D eigenvalue weighted by Crippen LogP contribution is 2.48. The Labute approximate surface area is 133 Å². The van der Waals surface area contributed by atoms with Gasteiger partial charge >= 0.3 is 0 Å². The van der Waals surface area contributed by atoms with Crippen molar-refractivity contribution in [2.45, 2.75) is 55.4 Å². The van der Waals surface area contributed by atoms with Gasteiger partial charge < -0.3 is 5.32 Å². The standard InChI is InChI=1S/C13H26N2O2S3/c1-6-7-10(15-20(17)12(2,3)4)13(11(16)14-5)18-8-9-19-13/h10,15H,6-9H2,1-5H3,(H,14,16)/t10-,20?/m0/s1. The third-order valence-electron chi connectivity index (χ3n) is 3.10. The first-order chi connectivity index (χ1) is 9.28. The number of thioether (sulfide) groups is 2. The van der Waals surface area contributed by atoms with E-state index in [1.165, 1.54) is 0 Å². The molecule has 0 bridgehead atoms. The molecule has 1 unspecified atom stereocenters. The van der Waals surface area contributed by atoms with Crippen LogP contribution in [0.15, 0.2) is 0 Å². The second-order valence-electron chi connectivity index (χ2n) is 5.78. The van der Waals surface area contributed by atoms with Crippen molar-refractivity contribution in [3.63, 3.8) is 0 Å². The van der Waals surface area contributed by atoms with E-state index in [0.29, 0.717) is 0 Å². The van der Waals surface area contributed by atoms with Gasteiger partial charge in [-0.25, -0.2) is 8.93 Å². The summed E-state index contributed by atoms with van der Waals surface area (Å²) in [5, 5.41) is 2.78. The van der Waals surface area contributed by atoms with Gasteiger partial charge in [0.15, 0.2) is 4.08 Å². The Bertz CT molecular complexity index is 363. The minimum absolute atomic E-state index is 0.0295. The summed E-state index contributed by atoms with van der Waals surface area (Å²) in [5.41, 5.74) is 0. The van der Waals surface area contributed by atoms with Gasteiger partial charge in [0.1, 0.15) is 0 Å². The smallest absolute Gasteiger partial charge is 0.247 e. The van der Waals surface area contributed by atoms with E-state index >= 15 is 0 Å². The first-order valence-corrected chi connectivity index (χ1v) is 10.1. The summed E-state index contributed by atoms with van der Waals surface area (Å²) in [6.07, 6.45) is 1.80. The summed E-state index contributed by atoms with van der Waals surface area (Å²) in [6, 6.07) is -0.0787. The van der Waals surface area contributed by atoms with Gasteiger partial charge in [0.25, 0.3) is 0 Å². The van der Waals surface area contributed by atoms with Crippen LogP contribution in [0.25, 0.3) is 0 Å². The number of hydrogen-bond donors (Lipinski definition) is 2. The Morgan fingerprint density at radius 2 is 1.90 bits per heavy atom. The zero-order valence-electron chi connectivity index (χ0n) is 12.9. The topological polar surface area (TPSA) is 58.2 Å². The molecule has 0 aromatic carbocycles. The number of carbonyl (C=O) groups excluding carboxylic acids is 1. The maximum Gasteiger partial charge on any atom is 0.247 e. The van der Waals surface area contributed by atoms with Gasteiger partial charge in [0.2, 0.25) is 5.91 Å². The van der Waals surface area contributed by atoms with Crippen molar-refractivity contribution in [2.75, 3.05) is 18.6 Å². The maximum atomic E-state index is 12.4. The molecule has 118 valence electrons. The van der Waals surface area contributed by atoms with Crippen LogP contribution in [-0.4, -0.2) is 43.5 Å². The third kappa shape index (κ3) is 4.15. The van der Waals surface area contributed by atoms with E-state index in [2.05, 4.69) is 17.0 Å². The summed E-state index contributed by atoms with van der Waals surface area (Å²) in [6.45, 7) is 7.93. The molecule has 1 saturated heterocycles. The number of rotatable bonds is 6. The molecule has 1 aliphatic heterocycles. The molecule has 1 heterocycles. The molecule has 1 aliphatic rings. The van der Waals surface area contributed by atoms with E-state index in [4.69, 9.17) is 0 Å². The summed E-state index contributed by atoms with van der Waals surface area (Å²) in [4.78, 5) is 12.4. The average molecular weight is 339 g/mol. The van der Waals surface area contributed by atoms with Gasteiger partial charge in [-0.15, -0.1) is 23.5 Å². The van der Waals surface area contributed by atoms with Crippen molar-refractivity contribution >= 4 is 40.4 Å². The molecule has 1 amide bonds. The van der Waals surface area contributed by atoms with Crippen molar-refractivity contribution in [1.82, 2.24) is 10.0 Å². The second kappa shape index (κ2) is 7.51. The first-order valence-electron chi connectivity index (χ1n) is 6.96. The average Bonchev–Trinajstić information content (AvgIpc) is 2.86. The van der Waals surface area contributed by atoms with Gasteiger partial charge in [-0.1, -0.05) is 13.3 Å². The molecule has 0 saturated carbocycles. The lowest BCUT2D eigenvalue weighted by Crippen LogP contribution is -2.56. The zero-order chi connectivity index (χ0) is 15.4. The van der Waals surface area contributed by atoms with Crippen molar-refractivity contribution in [3.05, 3.63) is 0 Å². The molecule has 0 aromatic rings. The Hall–Kier alpha value is 0.280. The molecule has 0 aromatic heterocycles. The lowest BCUT2D eigenvalue weighted by Gasteiger charge is -2.35. The summed E-state index contributed by atoms with van der Waals surface area (Å²) in [5.74, 6) is 1.95. The van der Waals surface area contributed by atoms with Crippen molar-refractivity contribution in [2.24, 2.45) is 0 Å². The Morgan fingerprint density at radius 3 is 2.30 bits per heavy atom. The highest BCUT2D eigenvalue weighted by molar-refractivity contribution is 8.22.